The van der Waals surface area contributed by atoms with Gasteiger partial charge in [0.15, 0.2) is 0 Å². The molecule has 0 unspecified atom stereocenters. The first kappa shape index (κ1) is 17.5. The fourth-order valence-electron chi connectivity index (χ4n) is 2.58. The van der Waals surface area contributed by atoms with Gasteiger partial charge >= 0.3 is 0 Å². The van der Waals surface area contributed by atoms with Crippen LogP contribution in [0.4, 0.5) is 0 Å². The quantitative estimate of drug-likeness (QED) is 0.710. The molecule has 3 aromatic rings. The van der Waals surface area contributed by atoms with Crippen molar-refractivity contribution in [3.63, 3.8) is 0 Å². The third kappa shape index (κ3) is 4.41. The van der Waals surface area contributed by atoms with E-state index in [1.165, 1.54) is 0 Å². The van der Waals surface area contributed by atoms with Crippen LogP contribution in [0.1, 0.15) is 24.1 Å². The molecule has 25 heavy (non-hydrogen) atoms. The van der Waals surface area contributed by atoms with Crippen LogP contribution in [0.2, 0.25) is 10.0 Å². The number of aromatic nitrogens is 2. The van der Waals surface area contributed by atoms with E-state index in [0.29, 0.717) is 10.0 Å². The molecule has 2 aromatic carbocycles. The Morgan fingerprint density at radius 1 is 1.20 bits per heavy atom. The molecule has 4 nitrogen and oxygen atoms in total. The molecule has 3 rings (SSSR count). The average Bonchev–Trinajstić information content (AvgIpc) is 3.03. The molecule has 0 saturated heterocycles. The SMILES string of the molecule is C[C@H](NC(=O)Cc1cnn(-c2ccccc2)c1)c1ccc(Cl)cc1Cl. The number of hydrogen-bond donors (Lipinski definition) is 1. The second-order valence-electron chi connectivity index (χ2n) is 5.76. The third-order valence-corrected chi connectivity index (χ3v) is 4.39. The van der Waals surface area contributed by atoms with Gasteiger partial charge in [-0.25, -0.2) is 4.68 Å². The Balaban J connectivity index is 1.64. The van der Waals surface area contributed by atoms with Gasteiger partial charge in [0.05, 0.1) is 24.3 Å². The number of halogens is 2. The minimum absolute atomic E-state index is 0.0915. The molecule has 0 aliphatic heterocycles. The van der Waals surface area contributed by atoms with Gasteiger partial charge in [-0.1, -0.05) is 47.5 Å². The van der Waals surface area contributed by atoms with Crippen LogP contribution in [0.5, 0.6) is 0 Å². The summed E-state index contributed by atoms with van der Waals surface area (Å²) in [5.41, 5.74) is 2.63. The number of nitrogens with one attached hydrogen (secondary N) is 1. The van der Waals surface area contributed by atoms with Crippen LogP contribution in [0.3, 0.4) is 0 Å². The molecule has 0 spiro atoms. The van der Waals surface area contributed by atoms with Crippen LogP contribution in [-0.2, 0) is 11.2 Å². The van der Waals surface area contributed by atoms with E-state index >= 15 is 0 Å². The summed E-state index contributed by atoms with van der Waals surface area (Å²) in [5, 5.41) is 8.36. The van der Waals surface area contributed by atoms with E-state index in [0.717, 1.165) is 16.8 Å². The molecular weight excluding hydrogens is 357 g/mol. The Kier molecular flexibility index (Phi) is 5.41. The Morgan fingerprint density at radius 3 is 2.68 bits per heavy atom. The summed E-state index contributed by atoms with van der Waals surface area (Å²) >= 11 is 12.1. The predicted molar refractivity (Wildman–Crippen MR) is 100 cm³/mol. The maximum absolute atomic E-state index is 12.3. The maximum atomic E-state index is 12.3. The number of carbonyl (C=O) groups excluding carboxylic acids is 1. The summed E-state index contributed by atoms with van der Waals surface area (Å²) < 4.78 is 1.75. The van der Waals surface area contributed by atoms with Gasteiger partial charge in [0.2, 0.25) is 5.91 Å². The number of benzene rings is 2. The summed E-state index contributed by atoms with van der Waals surface area (Å²) in [5.74, 6) is -0.0915. The van der Waals surface area contributed by atoms with Crippen molar-refractivity contribution >= 4 is 29.1 Å². The van der Waals surface area contributed by atoms with Gasteiger partial charge in [0, 0.05) is 16.2 Å². The number of para-hydroxylation sites is 1. The lowest BCUT2D eigenvalue weighted by Gasteiger charge is -2.15. The van der Waals surface area contributed by atoms with E-state index < -0.39 is 0 Å². The van der Waals surface area contributed by atoms with E-state index in [1.54, 1.807) is 23.0 Å². The zero-order valence-electron chi connectivity index (χ0n) is 13.6. The Morgan fingerprint density at radius 2 is 1.96 bits per heavy atom. The van der Waals surface area contributed by atoms with Crippen molar-refractivity contribution in [2.24, 2.45) is 0 Å². The molecular formula is C19H17Cl2N3O. The molecule has 0 radical (unpaired) electrons. The van der Waals surface area contributed by atoms with Crippen LogP contribution in [0.25, 0.3) is 5.69 Å². The molecule has 6 heteroatoms. The smallest absolute Gasteiger partial charge is 0.225 e. The number of rotatable bonds is 5. The van der Waals surface area contributed by atoms with Crippen LogP contribution in [0.15, 0.2) is 60.9 Å². The van der Waals surface area contributed by atoms with Gasteiger partial charge in [0.25, 0.3) is 0 Å². The lowest BCUT2D eigenvalue weighted by Crippen LogP contribution is -2.28. The Labute approximate surface area is 156 Å². The van der Waals surface area contributed by atoms with Gasteiger partial charge in [-0.05, 0) is 42.3 Å². The summed E-state index contributed by atoms with van der Waals surface area (Å²) in [4.78, 5) is 12.3. The first-order valence-corrected chi connectivity index (χ1v) is 8.62. The topological polar surface area (TPSA) is 46.9 Å². The summed E-state index contributed by atoms with van der Waals surface area (Å²) in [6, 6.07) is 14.8. The summed E-state index contributed by atoms with van der Waals surface area (Å²) in [7, 11) is 0. The van der Waals surface area contributed by atoms with Crippen molar-refractivity contribution in [3.8, 4) is 5.69 Å². The highest BCUT2D eigenvalue weighted by Crippen LogP contribution is 2.26. The maximum Gasteiger partial charge on any atom is 0.225 e. The first-order valence-electron chi connectivity index (χ1n) is 7.86. The molecule has 1 atom stereocenters. The molecule has 1 heterocycles. The van der Waals surface area contributed by atoms with E-state index in [1.807, 2.05) is 49.5 Å². The highest BCUT2D eigenvalue weighted by atomic mass is 35.5. The molecule has 1 aromatic heterocycles. The van der Waals surface area contributed by atoms with E-state index in [9.17, 15) is 4.79 Å². The molecule has 1 N–H and O–H groups in total. The Bertz CT molecular complexity index is 877. The minimum Gasteiger partial charge on any atom is -0.349 e. The van der Waals surface area contributed by atoms with Crippen LogP contribution >= 0.6 is 23.2 Å². The third-order valence-electron chi connectivity index (χ3n) is 3.83. The van der Waals surface area contributed by atoms with Crippen molar-refractivity contribution < 1.29 is 4.79 Å². The van der Waals surface area contributed by atoms with Gasteiger partial charge in [-0.2, -0.15) is 5.10 Å². The average molecular weight is 374 g/mol. The predicted octanol–water partition coefficient (Wildman–Crippen LogP) is 4.60. The summed E-state index contributed by atoms with van der Waals surface area (Å²) in [6.45, 7) is 1.89. The molecule has 0 bridgehead atoms. The molecule has 0 aliphatic carbocycles. The van der Waals surface area contributed by atoms with Crippen LogP contribution < -0.4 is 5.32 Å². The van der Waals surface area contributed by atoms with Crippen molar-refractivity contribution in [3.05, 3.63) is 82.1 Å². The van der Waals surface area contributed by atoms with Crippen molar-refractivity contribution in [2.45, 2.75) is 19.4 Å². The van der Waals surface area contributed by atoms with Crippen LogP contribution in [0, 0.1) is 0 Å². The molecule has 0 fully saturated rings. The number of carbonyl (C=O) groups is 1. The largest absolute Gasteiger partial charge is 0.349 e. The molecule has 0 aliphatic rings. The summed E-state index contributed by atoms with van der Waals surface area (Å²) in [6.07, 6.45) is 3.81. The zero-order chi connectivity index (χ0) is 17.8. The lowest BCUT2D eigenvalue weighted by molar-refractivity contribution is -0.121. The van der Waals surface area contributed by atoms with Crippen molar-refractivity contribution in [2.75, 3.05) is 0 Å². The minimum atomic E-state index is -0.207. The molecule has 128 valence electrons. The molecule has 1 amide bonds. The number of hydrogen-bond acceptors (Lipinski definition) is 2. The van der Waals surface area contributed by atoms with Gasteiger partial charge in [0.1, 0.15) is 0 Å². The van der Waals surface area contributed by atoms with E-state index in [4.69, 9.17) is 23.2 Å². The van der Waals surface area contributed by atoms with E-state index in [2.05, 4.69) is 10.4 Å². The standard InChI is InChI=1S/C19H17Cl2N3O/c1-13(17-8-7-15(20)10-18(17)21)23-19(25)9-14-11-22-24(12-14)16-5-3-2-4-6-16/h2-8,10-13H,9H2,1H3,(H,23,25)/t13-/m0/s1. The highest BCUT2D eigenvalue weighted by Gasteiger charge is 2.14. The highest BCUT2D eigenvalue weighted by molar-refractivity contribution is 6.35. The van der Waals surface area contributed by atoms with E-state index in [-0.39, 0.29) is 18.4 Å². The Hall–Kier alpha value is -2.30. The lowest BCUT2D eigenvalue weighted by atomic mass is 10.1. The fraction of sp³-hybridized carbons (Fsp3) is 0.158. The number of amides is 1. The van der Waals surface area contributed by atoms with Gasteiger partial charge < -0.3 is 5.32 Å². The first-order chi connectivity index (χ1) is 12.0. The second kappa shape index (κ2) is 7.72. The molecule has 0 saturated carbocycles. The zero-order valence-corrected chi connectivity index (χ0v) is 15.1. The number of nitrogens with zero attached hydrogens (tertiary/aromatic N) is 2. The van der Waals surface area contributed by atoms with Gasteiger partial charge in [-0.15, -0.1) is 0 Å². The van der Waals surface area contributed by atoms with Crippen molar-refractivity contribution in [1.29, 1.82) is 0 Å². The monoisotopic (exact) mass is 373 g/mol. The normalized spacial score (nSPS) is 12.0. The van der Waals surface area contributed by atoms with Crippen molar-refractivity contribution in [1.82, 2.24) is 15.1 Å². The van der Waals surface area contributed by atoms with Crippen LogP contribution in [-0.4, -0.2) is 15.7 Å². The van der Waals surface area contributed by atoms with Gasteiger partial charge in [-0.3, -0.25) is 4.79 Å². The fourth-order valence-corrected chi connectivity index (χ4v) is 3.15. The second-order valence-corrected chi connectivity index (χ2v) is 6.60.